The third kappa shape index (κ3) is 7.76. The third-order valence-electron chi connectivity index (χ3n) is 2.51. The predicted molar refractivity (Wildman–Crippen MR) is 62.6 cm³/mol. The quantitative estimate of drug-likeness (QED) is 0.303. The van der Waals surface area contributed by atoms with Crippen LogP contribution in [0.4, 0.5) is 0 Å². The van der Waals surface area contributed by atoms with Crippen LogP contribution >= 0.6 is 0 Å². The van der Waals surface area contributed by atoms with Gasteiger partial charge in [0.2, 0.25) is 20.8 Å². The molecule has 2 unspecified atom stereocenters. The van der Waals surface area contributed by atoms with Gasteiger partial charge in [-0.05, 0) is 0 Å². The molecule has 0 aliphatic carbocycles. The maximum Gasteiger partial charge on any atom is 0.218 e. The van der Waals surface area contributed by atoms with Crippen LogP contribution in [0, 0.1) is 0 Å². The molecule has 2 N–H and O–H groups in total. The second-order valence-electron chi connectivity index (χ2n) is 4.20. The fourth-order valence-electron chi connectivity index (χ4n) is 1.71. The lowest BCUT2D eigenvalue weighted by molar-refractivity contribution is -0.149. The fraction of sp³-hybridized carbons (Fsp3) is 1.00. The Labute approximate surface area is 131 Å². The number of hydrogen-bond acceptors (Lipinski definition) is 13. The fourth-order valence-corrected chi connectivity index (χ4v) is 3.11. The van der Waals surface area contributed by atoms with Crippen LogP contribution in [0.3, 0.4) is 0 Å². The van der Waals surface area contributed by atoms with E-state index in [1.165, 1.54) is 4.72 Å². The molecule has 138 valence electrons. The van der Waals surface area contributed by atoms with E-state index in [2.05, 4.69) is 8.37 Å². The van der Waals surface area contributed by atoms with Crippen LogP contribution in [-0.2, 0) is 44.2 Å². The topological polar surface area (TPSA) is 232 Å². The van der Waals surface area contributed by atoms with Crippen molar-refractivity contribution in [3.8, 4) is 0 Å². The first-order valence-corrected chi connectivity index (χ1v) is 9.52. The molecule has 14 nitrogen and oxygen atoms in total. The summed E-state index contributed by atoms with van der Waals surface area (Å²) in [5, 5.41) is 9.79. The van der Waals surface area contributed by atoms with E-state index < -0.39 is 68.7 Å². The number of hydrogen-bond donors (Lipinski definition) is 2. The first-order valence-electron chi connectivity index (χ1n) is 5.45. The summed E-state index contributed by atoms with van der Waals surface area (Å²) >= 11 is 0. The standard InChI is InChI=1S/C6H13NO13S3/c8-5-4(2-19-22(12,13)14)18-1-3(7-21(9,10)11)6(5)20-23(15,16)17/h3-8H,1-2H2,(H,9,10,11)(H,12,13,14)(H,15,16,17)/p-3/t3?,4?,5-,6+/m0/s1. The predicted octanol–water partition coefficient (Wildman–Crippen LogP) is -4.51. The molecule has 0 radical (unpaired) electrons. The Balaban J connectivity index is 2.95. The first-order chi connectivity index (χ1) is 10.2. The Morgan fingerprint density at radius 3 is 2.09 bits per heavy atom. The molecule has 1 aliphatic rings. The largest absolute Gasteiger partial charge is 0.735 e. The van der Waals surface area contributed by atoms with Crippen molar-refractivity contribution in [2.24, 2.45) is 0 Å². The molecule has 1 saturated heterocycles. The molecule has 17 heteroatoms. The van der Waals surface area contributed by atoms with E-state index in [4.69, 9.17) is 4.74 Å². The van der Waals surface area contributed by atoms with Gasteiger partial charge in [-0.15, -0.1) is 0 Å². The van der Waals surface area contributed by atoms with Gasteiger partial charge in [0.15, 0.2) is 10.3 Å². The van der Waals surface area contributed by atoms with Gasteiger partial charge in [0.1, 0.15) is 18.3 Å². The smallest absolute Gasteiger partial charge is 0.218 e. The molecule has 1 fully saturated rings. The highest BCUT2D eigenvalue weighted by Gasteiger charge is 2.42. The van der Waals surface area contributed by atoms with Crippen LogP contribution in [0.15, 0.2) is 0 Å². The van der Waals surface area contributed by atoms with Gasteiger partial charge in [-0.3, -0.25) is 8.37 Å². The van der Waals surface area contributed by atoms with E-state index in [9.17, 15) is 44.0 Å². The van der Waals surface area contributed by atoms with Gasteiger partial charge in [-0.1, -0.05) is 0 Å². The molecular weight excluding hydrogens is 390 g/mol. The zero-order valence-corrected chi connectivity index (χ0v) is 13.2. The van der Waals surface area contributed by atoms with Gasteiger partial charge in [-0.25, -0.2) is 30.0 Å². The molecule has 4 atom stereocenters. The summed E-state index contributed by atoms with van der Waals surface area (Å²) in [6.07, 6.45) is -5.88. The van der Waals surface area contributed by atoms with Gasteiger partial charge in [0.25, 0.3) is 0 Å². The lowest BCUT2D eigenvalue weighted by Crippen LogP contribution is -2.61. The van der Waals surface area contributed by atoms with Crippen LogP contribution in [0.2, 0.25) is 0 Å². The highest BCUT2D eigenvalue weighted by Crippen LogP contribution is 2.21. The van der Waals surface area contributed by atoms with Crippen LogP contribution in [0.25, 0.3) is 0 Å². The summed E-state index contributed by atoms with van der Waals surface area (Å²) in [5.41, 5.74) is 0. The first kappa shape index (κ1) is 20.6. The monoisotopic (exact) mass is 400 g/mol. The Hall–Kier alpha value is -0.470. The van der Waals surface area contributed by atoms with E-state index >= 15 is 0 Å². The Morgan fingerprint density at radius 1 is 1.09 bits per heavy atom. The molecule has 23 heavy (non-hydrogen) atoms. The van der Waals surface area contributed by atoms with Crippen molar-refractivity contribution < 1.29 is 57.1 Å². The second-order valence-corrected chi connectivity index (χ2v) is 7.41. The number of aliphatic hydroxyl groups is 1. The molecule has 0 aromatic rings. The summed E-state index contributed by atoms with van der Waals surface area (Å²) in [7, 11) is -15.7. The van der Waals surface area contributed by atoms with Crippen LogP contribution in [0.5, 0.6) is 0 Å². The van der Waals surface area contributed by atoms with Gasteiger partial charge in [-0.2, -0.15) is 0 Å². The Kier molecular flexibility index (Phi) is 6.43. The van der Waals surface area contributed by atoms with Crippen molar-refractivity contribution in [3.63, 3.8) is 0 Å². The Morgan fingerprint density at radius 2 is 1.65 bits per heavy atom. The van der Waals surface area contributed by atoms with Crippen LogP contribution in [-0.4, -0.2) is 81.6 Å². The van der Waals surface area contributed by atoms with E-state index in [0.717, 1.165) is 0 Å². The number of rotatable bonds is 7. The number of nitrogens with one attached hydrogen (secondary N) is 1. The van der Waals surface area contributed by atoms with Gasteiger partial charge >= 0.3 is 0 Å². The maximum atomic E-state index is 10.6. The molecule has 1 heterocycles. The minimum absolute atomic E-state index is 0.786. The van der Waals surface area contributed by atoms with E-state index in [0.29, 0.717) is 0 Å². The molecule has 0 bridgehead atoms. The summed E-state index contributed by atoms with van der Waals surface area (Å²) < 4.78 is 109. The van der Waals surface area contributed by atoms with Crippen LogP contribution in [0.1, 0.15) is 0 Å². The number of aliphatic hydroxyl groups excluding tert-OH is 1. The average molecular weight is 400 g/mol. The lowest BCUT2D eigenvalue weighted by Gasteiger charge is -2.40. The maximum absolute atomic E-state index is 10.6. The lowest BCUT2D eigenvalue weighted by atomic mass is 9.99. The SMILES string of the molecule is O=S(=O)([O-])NC1COC(COS(=O)(=O)[O-])[C@H](O)[C@@H]1OS(=O)(=O)[O-]. The highest BCUT2D eigenvalue weighted by atomic mass is 32.3. The molecule has 0 aromatic carbocycles. The third-order valence-corrected chi connectivity index (χ3v) is 3.98. The molecule has 1 aliphatic heterocycles. The molecule has 1 rings (SSSR count). The summed E-state index contributed by atoms with van der Waals surface area (Å²) in [4.78, 5) is 0. The van der Waals surface area contributed by atoms with Crippen LogP contribution < -0.4 is 4.72 Å². The van der Waals surface area contributed by atoms with E-state index in [1.807, 2.05) is 0 Å². The summed E-state index contributed by atoms with van der Waals surface area (Å²) in [6.45, 7) is -1.85. The van der Waals surface area contributed by atoms with Crippen molar-refractivity contribution in [1.29, 1.82) is 0 Å². The second kappa shape index (κ2) is 7.19. The van der Waals surface area contributed by atoms with Crippen molar-refractivity contribution in [2.45, 2.75) is 24.4 Å². The van der Waals surface area contributed by atoms with Gasteiger partial charge < -0.3 is 23.5 Å². The van der Waals surface area contributed by atoms with Gasteiger partial charge in [0.05, 0.1) is 19.3 Å². The van der Waals surface area contributed by atoms with E-state index in [1.54, 1.807) is 0 Å². The molecule has 0 saturated carbocycles. The minimum Gasteiger partial charge on any atom is -0.735 e. The zero-order chi connectivity index (χ0) is 18.1. The summed E-state index contributed by atoms with van der Waals surface area (Å²) in [5.74, 6) is 0. The van der Waals surface area contributed by atoms with Crippen molar-refractivity contribution >= 4 is 31.1 Å². The normalized spacial score (nSPS) is 30.3. The molecular formula is C6H10NO13S3-3. The minimum atomic E-state index is -5.44. The molecule has 0 amide bonds. The average Bonchev–Trinajstić information content (AvgIpc) is 2.28. The van der Waals surface area contributed by atoms with Crippen molar-refractivity contribution in [3.05, 3.63) is 0 Å². The Bertz CT molecular complexity index is 711. The van der Waals surface area contributed by atoms with Crippen molar-refractivity contribution in [2.75, 3.05) is 13.2 Å². The summed E-state index contributed by atoms with van der Waals surface area (Å²) in [6, 6.07) is -1.77. The van der Waals surface area contributed by atoms with E-state index in [-0.39, 0.29) is 0 Å². The molecule has 0 spiro atoms. The van der Waals surface area contributed by atoms with Crippen molar-refractivity contribution in [1.82, 2.24) is 4.72 Å². The highest BCUT2D eigenvalue weighted by molar-refractivity contribution is 7.83. The van der Waals surface area contributed by atoms with Gasteiger partial charge in [0, 0.05) is 0 Å². The molecule has 0 aromatic heterocycles. The number of ether oxygens (including phenoxy) is 1. The zero-order valence-electron chi connectivity index (χ0n) is 10.8.